The first-order chi connectivity index (χ1) is 53.7. The number of carbonyl (C=O) groups is 6. The molecule has 0 aliphatic heterocycles. The van der Waals surface area contributed by atoms with Gasteiger partial charge >= 0.3 is 0 Å². The van der Waals surface area contributed by atoms with E-state index < -0.39 is 76.5 Å². The minimum absolute atomic E-state index is 0.0126. The molecule has 0 saturated carbocycles. The lowest BCUT2D eigenvalue weighted by Gasteiger charge is -2.13. The van der Waals surface area contributed by atoms with E-state index in [0.717, 1.165) is 30.9 Å². The predicted molar refractivity (Wildman–Crippen MR) is 434 cm³/mol. The average Bonchev–Trinajstić information content (AvgIpc) is 0.797. The summed E-state index contributed by atoms with van der Waals surface area (Å²) >= 11 is 0. The van der Waals surface area contributed by atoms with Crippen LogP contribution in [-0.2, 0) is 35.9 Å². The van der Waals surface area contributed by atoms with Crippen molar-refractivity contribution in [3.8, 4) is 33.4 Å². The molecule has 0 radical (unpaired) electrons. The van der Waals surface area contributed by atoms with E-state index in [2.05, 4.69) is 26.6 Å². The van der Waals surface area contributed by atoms with Gasteiger partial charge in [-0.25, -0.2) is 34.0 Å². The molecule has 0 aromatic heterocycles. The molecule has 0 unspecified atom stereocenters. The van der Waals surface area contributed by atoms with Crippen LogP contribution >= 0.6 is 0 Å². The Morgan fingerprint density at radius 3 is 1.16 bits per heavy atom. The number of nitrogens with one attached hydrogen (secondary N) is 8. The fourth-order valence-corrected chi connectivity index (χ4v) is 14.4. The molecule has 23 nitrogen and oxygen atoms in total. The molecule has 0 heterocycles. The second-order valence-electron chi connectivity index (χ2n) is 25.4. The Bertz CT molecular complexity index is 6160. The second-order valence-corrected chi connectivity index (χ2v) is 31.3. The van der Waals surface area contributed by atoms with E-state index >= 15 is 8.78 Å². The second kappa shape index (κ2) is 35.4. The van der Waals surface area contributed by atoms with Crippen molar-refractivity contribution in [3.63, 3.8) is 0 Å². The van der Waals surface area contributed by atoms with Crippen LogP contribution < -0.4 is 43.8 Å². The lowest BCUT2D eigenvalue weighted by atomic mass is 9.96. The third-order valence-electron chi connectivity index (χ3n) is 17.2. The highest BCUT2D eigenvalue weighted by Crippen LogP contribution is 2.34. The number of amides is 5. The van der Waals surface area contributed by atoms with E-state index in [4.69, 9.17) is 33.4 Å². The van der Waals surface area contributed by atoms with E-state index in [0.29, 0.717) is 83.9 Å². The van der Waals surface area contributed by atoms with Crippen LogP contribution in [0.2, 0.25) is 0 Å². The molecule has 12 aromatic carbocycles. The molecule has 0 atom stereocenters. The van der Waals surface area contributed by atoms with Crippen molar-refractivity contribution in [2.75, 3.05) is 45.4 Å². The Morgan fingerprint density at radius 2 is 0.673 bits per heavy atom. The van der Waals surface area contributed by atoms with Crippen molar-refractivity contribution < 1.29 is 62.8 Å². The average molecular weight is 1570 g/mol. The normalized spacial score (nSPS) is 11.0. The number of nitrogens with two attached hydrogens (primary N) is 3. The molecular weight excluding hydrogens is 1500 g/mol. The fourth-order valence-electron chi connectivity index (χ4n) is 11.7. The molecule has 570 valence electrons. The van der Waals surface area contributed by atoms with Crippen molar-refractivity contribution in [2.24, 2.45) is 17.2 Å². The summed E-state index contributed by atoms with van der Waals surface area (Å²) in [4.78, 5) is 78.2. The summed E-state index contributed by atoms with van der Waals surface area (Å²) in [6, 6.07) is 72.4. The molecule has 0 aliphatic rings. The van der Waals surface area contributed by atoms with Crippen LogP contribution in [0.25, 0.3) is 33.4 Å². The van der Waals surface area contributed by atoms with Crippen molar-refractivity contribution in [3.05, 3.63) is 346 Å². The molecule has 0 saturated heterocycles. The molecular formula is C85H71F2N11O12S3. The van der Waals surface area contributed by atoms with Crippen LogP contribution in [0.4, 0.5) is 37.2 Å². The monoisotopic (exact) mass is 1570 g/mol. The van der Waals surface area contributed by atoms with Gasteiger partial charge in [-0.2, -0.15) is 0 Å². The predicted octanol–water partition coefficient (Wildman–Crippen LogP) is 14.1. The first-order valence-electron chi connectivity index (χ1n) is 34.0. The summed E-state index contributed by atoms with van der Waals surface area (Å²) in [7, 11) is -10.5. The van der Waals surface area contributed by atoms with Crippen LogP contribution in [0.5, 0.6) is 0 Å². The maximum absolute atomic E-state index is 15.1. The van der Waals surface area contributed by atoms with E-state index in [9.17, 15) is 54.0 Å². The van der Waals surface area contributed by atoms with Gasteiger partial charge in [0, 0.05) is 86.8 Å². The SMILES string of the molecule is CS(=O)(=O)c1ccccc1-c1ccc(C(=O)Cc2ccccc2C(=O)Nc2cccc(C(=N)N)c2)c(F)c1.CS(=O)(=O)c1ccccc1-c1ccc(NC(=O)c2ccccc2C(=O)Nc2cccc(C(=N)N)c2)c(F)c1.CS(=O)(=O)c1ccccc1-c1ccc(NC(=O)c2ccccc2NC(=O)c2cccc(C(=N)N)c2)cc1. The van der Waals surface area contributed by atoms with E-state index in [1.54, 1.807) is 206 Å². The Morgan fingerprint density at radius 1 is 0.310 bits per heavy atom. The summed E-state index contributed by atoms with van der Waals surface area (Å²) in [5.41, 5.74) is 23.0. The van der Waals surface area contributed by atoms with Crippen LogP contribution in [0, 0.1) is 27.9 Å². The first kappa shape index (κ1) is 81.3. The number of benzene rings is 12. The number of anilines is 5. The van der Waals surface area contributed by atoms with Gasteiger partial charge in [0.2, 0.25) is 0 Å². The highest BCUT2D eigenvalue weighted by atomic mass is 32.2. The lowest BCUT2D eigenvalue weighted by molar-refractivity contribution is 0.0983. The first-order valence-corrected chi connectivity index (χ1v) is 39.7. The summed E-state index contributed by atoms with van der Waals surface area (Å²) in [6.07, 6.45) is 3.09. The van der Waals surface area contributed by atoms with E-state index in [-0.39, 0.29) is 72.1 Å². The molecule has 0 bridgehead atoms. The number of rotatable bonds is 22. The van der Waals surface area contributed by atoms with Gasteiger partial charge in [0.15, 0.2) is 35.3 Å². The Hall–Kier alpha value is -14.2. The highest BCUT2D eigenvalue weighted by Gasteiger charge is 2.24. The van der Waals surface area contributed by atoms with Crippen LogP contribution in [-0.4, -0.2) is 96.8 Å². The van der Waals surface area contributed by atoms with Crippen LogP contribution in [0.15, 0.2) is 294 Å². The number of Topliss-reactive ketones (excluding diaryl/α,β-unsaturated/α-hetero) is 1. The quantitative estimate of drug-likeness (QED) is 0.0171. The summed E-state index contributed by atoms with van der Waals surface area (Å²) in [5, 5.41) is 36.1. The maximum atomic E-state index is 15.1. The highest BCUT2D eigenvalue weighted by molar-refractivity contribution is 7.91. The molecule has 5 amide bonds. The van der Waals surface area contributed by atoms with Crippen molar-refractivity contribution in [1.29, 1.82) is 16.2 Å². The zero-order valence-electron chi connectivity index (χ0n) is 60.4. The number of halogens is 2. The number of hydrogen-bond acceptors (Lipinski definition) is 15. The van der Waals surface area contributed by atoms with Gasteiger partial charge in [0.05, 0.1) is 48.3 Å². The van der Waals surface area contributed by atoms with Crippen molar-refractivity contribution in [2.45, 2.75) is 21.1 Å². The lowest BCUT2D eigenvalue weighted by Crippen LogP contribution is -2.21. The maximum Gasteiger partial charge on any atom is 0.257 e. The molecule has 0 aliphatic carbocycles. The summed E-state index contributed by atoms with van der Waals surface area (Å²) in [6.45, 7) is 0. The fraction of sp³-hybridized carbons (Fsp3) is 0.0471. The summed E-state index contributed by atoms with van der Waals surface area (Å²) in [5.74, 6) is -5.20. The van der Waals surface area contributed by atoms with E-state index in [1.165, 1.54) is 60.7 Å². The molecule has 113 heavy (non-hydrogen) atoms. The van der Waals surface area contributed by atoms with Gasteiger partial charge in [0.1, 0.15) is 29.1 Å². The minimum atomic E-state index is -3.55. The van der Waals surface area contributed by atoms with Crippen LogP contribution in [0.3, 0.4) is 0 Å². The van der Waals surface area contributed by atoms with Gasteiger partial charge in [0.25, 0.3) is 29.5 Å². The van der Waals surface area contributed by atoms with Gasteiger partial charge in [-0.15, -0.1) is 0 Å². The molecule has 12 rings (SSSR count). The zero-order chi connectivity index (χ0) is 81.5. The van der Waals surface area contributed by atoms with E-state index in [1.807, 2.05) is 0 Å². The number of hydrogen-bond donors (Lipinski definition) is 11. The third kappa shape index (κ3) is 20.8. The zero-order valence-corrected chi connectivity index (χ0v) is 62.8. The van der Waals surface area contributed by atoms with Gasteiger partial charge in [-0.1, -0.05) is 158 Å². The van der Waals surface area contributed by atoms with Crippen molar-refractivity contribution in [1.82, 2.24) is 0 Å². The molecule has 0 spiro atoms. The number of ketones is 1. The third-order valence-corrected chi connectivity index (χ3v) is 20.6. The minimum Gasteiger partial charge on any atom is -0.384 e. The van der Waals surface area contributed by atoms with Crippen molar-refractivity contribution >= 4 is 111 Å². The number of carbonyl (C=O) groups excluding carboxylic acids is 6. The topological polar surface area (TPSA) is 415 Å². The molecule has 14 N–H and O–H groups in total. The molecule has 28 heteroatoms. The summed E-state index contributed by atoms with van der Waals surface area (Å²) < 4.78 is 103. The van der Waals surface area contributed by atoms with Gasteiger partial charge in [-0.3, -0.25) is 45.0 Å². The largest absolute Gasteiger partial charge is 0.384 e. The molecule has 0 fully saturated rings. The number of amidine groups is 3. The molecule has 12 aromatic rings. The number of sulfone groups is 3. The van der Waals surface area contributed by atoms with Gasteiger partial charge < -0.3 is 43.8 Å². The van der Waals surface area contributed by atoms with Gasteiger partial charge in [-0.05, 0) is 144 Å². The number of para-hydroxylation sites is 1. The van der Waals surface area contributed by atoms with Crippen LogP contribution in [0.1, 0.15) is 84.4 Å². The smallest absolute Gasteiger partial charge is 0.257 e. The standard InChI is InChI=1S/C29H24FN3O4S.C28H23FN4O4S.C28H24N4O4S/c1-38(36,37)27-12-5-4-10-22(27)19-13-14-24(25(30)16-19)26(34)17-18-7-2-3-11-23(18)29(35)33-21-9-6-8-20(15-21)28(31)32;1-38(36,37)25-12-5-4-9-20(25)17-13-14-24(23(29)16-17)33-28(35)22-11-3-2-10-21(22)27(34)32-19-8-6-7-18(15-19)26(30)31;1-37(35,36)25-12-5-3-9-22(25)18-13-15-21(16-14-18)31-28(34)23-10-2-4-11-24(23)32-27(33)20-8-6-7-19(17-20)26(29)30/h2-16H,17H2,1H3,(H3,31,32)(H,33,35);2-16H,1H3,(H3,30,31)(H,32,34)(H,33,35);2-17H,1H3,(H3,29,30)(H,31,34)(H,32,33). The Kier molecular flexibility index (Phi) is 25.5. The Labute approximate surface area is 649 Å². The Balaban J connectivity index is 0.000000180. The number of nitrogen functional groups attached to an aromatic ring is 3.